The van der Waals surface area contributed by atoms with Gasteiger partial charge in [0.25, 0.3) is 0 Å². The van der Waals surface area contributed by atoms with Crippen molar-refractivity contribution in [1.82, 2.24) is 0 Å². The molecule has 0 heterocycles. The maximum Gasteiger partial charge on any atom is 0.422 e. The van der Waals surface area contributed by atoms with Crippen LogP contribution in [0.2, 0.25) is 0 Å². The molecule has 0 fully saturated rings. The van der Waals surface area contributed by atoms with E-state index in [1.807, 2.05) is 31.2 Å². The van der Waals surface area contributed by atoms with Gasteiger partial charge in [-0.05, 0) is 60.0 Å². The van der Waals surface area contributed by atoms with E-state index in [-0.39, 0.29) is 5.39 Å². The fraction of sp³-hybridized carbons (Fsp3) is 0.182. The van der Waals surface area contributed by atoms with Gasteiger partial charge in [-0.3, -0.25) is 0 Å². The van der Waals surface area contributed by atoms with Gasteiger partial charge in [-0.25, -0.2) is 13.2 Å². The Bertz CT molecular complexity index is 1030. The molecule has 0 N–H and O–H groups in total. The Balaban J connectivity index is 2.05. The molecule has 0 aliphatic carbocycles. The van der Waals surface area contributed by atoms with Gasteiger partial charge in [0, 0.05) is 0 Å². The minimum Gasteiger partial charge on any atom is -0.206 e. The van der Waals surface area contributed by atoms with Crippen LogP contribution >= 0.6 is 0 Å². The van der Waals surface area contributed by atoms with Crippen molar-refractivity contribution in [3.05, 3.63) is 83.2 Å². The first kappa shape index (κ1) is 20.0. The number of alkyl halides is 3. The second-order valence-electron chi connectivity index (χ2n) is 6.41. The molecule has 0 atom stereocenters. The molecular formula is C22H16F6. The molecule has 3 rings (SSSR count). The number of halogens is 6. The van der Waals surface area contributed by atoms with Gasteiger partial charge in [0.1, 0.15) is 23.0 Å². The van der Waals surface area contributed by atoms with E-state index in [0.717, 1.165) is 24.5 Å². The standard InChI is InChI=1S/C22H16F6/c1-2-3-4-5-13-6-8-14(9-7-13)15-10-16-12-18(24)20(22(26,27)28)21(25)19(16)17(23)11-15/h2-3,6-12H,4-5H2,1H3/b3-2+. The van der Waals surface area contributed by atoms with Crippen molar-refractivity contribution in [3.8, 4) is 11.1 Å². The SMILES string of the molecule is C/C=C/CCc1ccc(-c2cc(F)c3c(F)c(C(F)(F)F)c(F)cc3c2)cc1. The lowest BCUT2D eigenvalue weighted by molar-refractivity contribution is -0.142. The molecule has 0 aromatic heterocycles. The highest BCUT2D eigenvalue weighted by atomic mass is 19.4. The van der Waals surface area contributed by atoms with Crippen LogP contribution in [0.5, 0.6) is 0 Å². The second-order valence-corrected chi connectivity index (χ2v) is 6.41. The number of benzene rings is 3. The van der Waals surface area contributed by atoms with Crippen molar-refractivity contribution in [1.29, 1.82) is 0 Å². The lowest BCUT2D eigenvalue weighted by Crippen LogP contribution is -2.12. The van der Waals surface area contributed by atoms with Crippen LogP contribution in [0.4, 0.5) is 26.3 Å². The highest BCUT2D eigenvalue weighted by Gasteiger charge is 2.39. The van der Waals surface area contributed by atoms with Crippen LogP contribution in [0.25, 0.3) is 21.9 Å². The summed E-state index contributed by atoms with van der Waals surface area (Å²) in [6, 6.07) is 9.94. The van der Waals surface area contributed by atoms with Crippen molar-refractivity contribution in [2.24, 2.45) is 0 Å². The number of fused-ring (bicyclic) bond motifs is 1. The largest absolute Gasteiger partial charge is 0.422 e. The van der Waals surface area contributed by atoms with E-state index in [4.69, 9.17) is 0 Å². The smallest absolute Gasteiger partial charge is 0.206 e. The average Bonchev–Trinajstić information content (AvgIpc) is 2.60. The summed E-state index contributed by atoms with van der Waals surface area (Å²) < 4.78 is 81.1. The molecule has 3 aromatic rings. The Morgan fingerprint density at radius 1 is 0.857 bits per heavy atom. The normalized spacial score (nSPS) is 12.2. The summed E-state index contributed by atoms with van der Waals surface area (Å²) in [6.45, 7) is 1.93. The molecule has 0 aliphatic heterocycles. The van der Waals surface area contributed by atoms with E-state index in [9.17, 15) is 26.3 Å². The molecule has 6 heteroatoms. The van der Waals surface area contributed by atoms with Gasteiger partial charge >= 0.3 is 6.18 Å². The maximum absolute atomic E-state index is 14.4. The highest BCUT2D eigenvalue weighted by molar-refractivity contribution is 5.89. The summed E-state index contributed by atoms with van der Waals surface area (Å²) in [7, 11) is 0. The van der Waals surface area contributed by atoms with E-state index in [0.29, 0.717) is 17.2 Å². The molecule has 0 nitrogen and oxygen atoms in total. The third-order valence-electron chi connectivity index (χ3n) is 4.49. The quantitative estimate of drug-likeness (QED) is 0.318. The molecule has 0 spiro atoms. The van der Waals surface area contributed by atoms with Gasteiger partial charge in [0.2, 0.25) is 0 Å². The zero-order chi connectivity index (χ0) is 20.5. The van der Waals surface area contributed by atoms with E-state index in [1.54, 1.807) is 12.1 Å². The first-order valence-electron chi connectivity index (χ1n) is 8.61. The molecular weight excluding hydrogens is 378 g/mol. The Hall–Kier alpha value is -2.76. The number of aryl methyl sites for hydroxylation is 1. The Kier molecular flexibility index (Phi) is 5.49. The van der Waals surface area contributed by atoms with Crippen molar-refractivity contribution in [2.75, 3.05) is 0 Å². The van der Waals surface area contributed by atoms with E-state index in [2.05, 4.69) is 0 Å². The summed E-state index contributed by atoms with van der Waals surface area (Å²) in [5.74, 6) is -4.88. The van der Waals surface area contributed by atoms with E-state index >= 15 is 0 Å². The third kappa shape index (κ3) is 3.91. The summed E-state index contributed by atoms with van der Waals surface area (Å²) >= 11 is 0. The van der Waals surface area contributed by atoms with E-state index in [1.165, 1.54) is 6.07 Å². The number of hydrogen-bond acceptors (Lipinski definition) is 0. The third-order valence-corrected chi connectivity index (χ3v) is 4.49. The summed E-state index contributed by atoms with van der Waals surface area (Å²) in [5.41, 5.74) is -0.105. The first-order chi connectivity index (χ1) is 13.2. The van der Waals surface area contributed by atoms with Crippen LogP contribution in [-0.2, 0) is 12.6 Å². The number of allylic oxidation sites excluding steroid dienone is 2. The van der Waals surface area contributed by atoms with Gasteiger partial charge < -0.3 is 0 Å². The molecule has 0 amide bonds. The van der Waals surface area contributed by atoms with Crippen LogP contribution in [-0.4, -0.2) is 0 Å². The van der Waals surface area contributed by atoms with Gasteiger partial charge in [-0.1, -0.05) is 36.4 Å². The van der Waals surface area contributed by atoms with Gasteiger partial charge in [0.05, 0.1) is 5.39 Å². The molecule has 3 aromatic carbocycles. The summed E-state index contributed by atoms with van der Waals surface area (Å²) in [6.07, 6.45) is 0.434. The molecule has 0 saturated heterocycles. The predicted octanol–water partition coefficient (Wildman–Crippen LogP) is 7.45. The molecule has 0 aliphatic rings. The van der Waals surface area contributed by atoms with Crippen molar-refractivity contribution < 1.29 is 26.3 Å². The molecule has 146 valence electrons. The highest BCUT2D eigenvalue weighted by Crippen LogP contribution is 2.38. The lowest BCUT2D eigenvalue weighted by atomic mass is 9.97. The Morgan fingerprint density at radius 2 is 1.54 bits per heavy atom. The summed E-state index contributed by atoms with van der Waals surface area (Å²) in [5, 5.41) is -1.14. The molecule has 0 unspecified atom stereocenters. The van der Waals surface area contributed by atoms with Crippen molar-refractivity contribution in [3.63, 3.8) is 0 Å². The van der Waals surface area contributed by atoms with Crippen LogP contribution in [0.1, 0.15) is 24.5 Å². The second kappa shape index (κ2) is 7.70. The molecule has 28 heavy (non-hydrogen) atoms. The molecule has 0 saturated carbocycles. The van der Waals surface area contributed by atoms with Crippen LogP contribution in [0, 0.1) is 17.5 Å². The topological polar surface area (TPSA) is 0 Å². The zero-order valence-corrected chi connectivity index (χ0v) is 14.9. The predicted molar refractivity (Wildman–Crippen MR) is 97.4 cm³/mol. The Morgan fingerprint density at radius 3 is 2.14 bits per heavy atom. The zero-order valence-electron chi connectivity index (χ0n) is 14.9. The van der Waals surface area contributed by atoms with E-state index < -0.39 is 34.6 Å². The van der Waals surface area contributed by atoms with Crippen molar-refractivity contribution in [2.45, 2.75) is 25.9 Å². The lowest BCUT2D eigenvalue weighted by Gasteiger charge is -2.13. The first-order valence-corrected chi connectivity index (χ1v) is 8.61. The van der Waals surface area contributed by atoms with Crippen LogP contribution < -0.4 is 0 Å². The molecule has 0 bridgehead atoms. The van der Waals surface area contributed by atoms with Crippen LogP contribution in [0.15, 0.2) is 54.6 Å². The Labute approximate surface area is 158 Å². The van der Waals surface area contributed by atoms with Crippen LogP contribution in [0.3, 0.4) is 0 Å². The average molecular weight is 394 g/mol. The number of rotatable bonds is 4. The molecule has 0 radical (unpaired) electrons. The summed E-state index contributed by atoms with van der Waals surface area (Å²) in [4.78, 5) is 0. The maximum atomic E-state index is 14.4. The fourth-order valence-corrected chi connectivity index (χ4v) is 3.12. The van der Waals surface area contributed by atoms with Gasteiger partial charge in [0.15, 0.2) is 0 Å². The number of hydrogen-bond donors (Lipinski definition) is 0. The fourth-order valence-electron chi connectivity index (χ4n) is 3.12. The monoisotopic (exact) mass is 394 g/mol. The van der Waals surface area contributed by atoms with Gasteiger partial charge in [-0.2, -0.15) is 13.2 Å². The minimum atomic E-state index is -5.25. The van der Waals surface area contributed by atoms with Crippen molar-refractivity contribution >= 4 is 10.8 Å². The minimum absolute atomic E-state index is 0.268. The van der Waals surface area contributed by atoms with Gasteiger partial charge in [-0.15, -0.1) is 0 Å².